The Morgan fingerprint density at radius 3 is 2.71 bits per heavy atom. The van der Waals surface area contributed by atoms with Gasteiger partial charge >= 0.3 is 0 Å². The summed E-state index contributed by atoms with van der Waals surface area (Å²) in [4.78, 5) is 3.90. The van der Waals surface area contributed by atoms with E-state index >= 15 is 0 Å². The van der Waals surface area contributed by atoms with Crippen molar-refractivity contribution >= 4 is 15.7 Å². The summed E-state index contributed by atoms with van der Waals surface area (Å²) in [6.07, 6.45) is 3.01. The molecule has 0 aliphatic carbocycles. The number of halogens is 1. The molecule has 2 aromatic rings. The predicted octanol–water partition coefficient (Wildman–Crippen LogP) is 2.05. The standard InChI is InChI=1S/C14H16FN3O2S/c1-10-5-6-17-9-14(10)18-21(19,20)12-3-4-13(15)11(7-12)8-16-2/h3-7,9,16,18H,8H2,1-2H3. The van der Waals surface area contributed by atoms with E-state index in [1.54, 1.807) is 26.2 Å². The number of hydrogen-bond acceptors (Lipinski definition) is 4. The number of sulfonamides is 1. The van der Waals surface area contributed by atoms with Gasteiger partial charge in [-0.25, -0.2) is 12.8 Å². The van der Waals surface area contributed by atoms with Gasteiger partial charge in [-0.05, 0) is 43.8 Å². The van der Waals surface area contributed by atoms with Gasteiger partial charge in [0.2, 0.25) is 0 Å². The molecule has 0 aliphatic heterocycles. The zero-order chi connectivity index (χ0) is 15.5. The molecule has 0 fully saturated rings. The van der Waals surface area contributed by atoms with Gasteiger partial charge in [0.1, 0.15) is 5.82 Å². The molecule has 0 radical (unpaired) electrons. The fourth-order valence-corrected chi connectivity index (χ4v) is 2.98. The van der Waals surface area contributed by atoms with Crippen LogP contribution in [0.3, 0.4) is 0 Å². The fraction of sp³-hybridized carbons (Fsp3) is 0.214. The van der Waals surface area contributed by atoms with Crippen LogP contribution in [0.1, 0.15) is 11.1 Å². The summed E-state index contributed by atoms with van der Waals surface area (Å²) in [6, 6.07) is 5.41. The zero-order valence-electron chi connectivity index (χ0n) is 11.7. The first-order valence-corrected chi connectivity index (χ1v) is 7.79. The van der Waals surface area contributed by atoms with Crippen LogP contribution in [0.25, 0.3) is 0 Å². The maximum atomic E-state index is 13.6. The molecular weight excluding hydrogens is 293 g/mol. The Bertz CT molecular complexity index is 748. The highest BCUT2D eigenvalue weighted by Gasteiger charge is 2.17. The molecule has 0 aliphatic rings. The lowest BCUT2D eigenvalue weighted by molar-refractivity contribution is 0.591. The summed E-state index contributed by atoms with van der Waals surface area (Å²) in [6.45, 7) is 2.03. The summed E-state index contributed by atoms with van der Waals surface area (Å²) < 4.78 is 40.7. The van der Waals surface area contributed by atoms with Crippen molar-refractivity contribution in [1.82, 2.24) is 10.3 Å². The number of pyridine rings is 1. The van der Waals surface area contributed by atoms with Gasteiger partial charge in [-0.1, -0.05) is 0 Å². The summed E-state index contributed by atoms with van der Waals surface area (Å²) in [5.74, 6) is -0.444. The number of nitrogens with zero attached hydrogens (tertiary/aromatic N) is 1. The maximum Gasteiger partial charge on any atom is 0.261 e. The lowest BCUT2D eigenvalue weighted by Crippen LogP contribution is -2.15. The first-order valence-electron chi connectivity index (χ1n) is 6.30. The molecule has 0 atom stereocenters. The average molecular weight is 309 g/mol. The maximum absolute atomic E-state index is 13.6. The van der Waals surface area contributed by atoms with E-state index in [2.05, 4.69) is 15.0 Å². The Kier molecular flexibility index (Phi) is 4.54. The van der Waals surface area contributed by atoms with Gasteiger partial charge in [0, 0.05) is 18.3 Å². The summed E-state index contributed by atoms with van der Waals surface area (Å²) >= 11 is 0. The van der Waals surface area contributed by atoms with Crippen LogP contribution in [0.4, 0.5) is 10.1 Å². The number of aryl methyl sites for hydroxylation is 1. The highest BCUT2D eigenvalue weighted by Crippen LogP contribution is 2.20. The number of nitrogens with one attached hydrogen (secondary N) is 2. The zero-order valence-corrected chi connectivity index (χ0v) is 12.5. The molecule has 1 heterocycles. The quantitative estimate of drug-likeness (QED) is 0.887. The molecule has 0 unspecified atom stereocenters. The Balaban J connectivity index is 2.36. The molecule has 5 nitrogen and oxygen atoms in total. The normalized spacial score (nSPS) is 11.4. The minimum absolute atomic E-state index is 0.0115. The van der Waals surface area contributed by atoms with Crippen molar-refractivity contribution in [3.05, 3.63) is 53.6 Å². The van der Waals surface area contributed by atoms with Crippen LogP contribution in [-0.2, 0) is 16.6 Å². The number of anilines is 1. The van der Waals surface area contributed by atoms with Crippen LogP contribution < -0.4 is 10.0 Å². The Labute approximate surface area is 123 Å². The van der Waals surface area contributed by atoms with E-state index in [9.17, 15) is 12.8 Å². The van der Waals surface area contributed by atoms with E-state index in [0.717, 1.165) is 11.6 Å². The molecular formula is C14H16FN3O2S. The first kappa shape index (κ1) is 15.4. The van der Waals surface area contributed by atoms with E-state index in [-0.39, 0.29) is 11.4 Å². The van der Waals surface area contributed by atoms with Crippen LogP contribution in [0.15, 0.2) is 41.6 Å². The van der Waals surface area contributed by atoms with Gasteiger partial charge in [0.25, 0.3) is 10.0 Å². The second kappa shape index (κ2) is 6.19. The highest BCUT2D eigenvalue weighted by atomic mass is 32.2. The second-order valence-corrected chi connectivity index (χ2v) is 6.26. The van der Waals surface area contributed by atoms with Crippen molar-refractivity contribution in [2.24, 2.45) is 0 Å². The highest BCUT2D eigenvalue weighted by molar-refractivity contribution is 7.92. The molecule has 21 heavy (non-hydrogen) atoms. The van der Waals surface area contributed by atoms with Crippen LogP contribution >= 0.6 is 0 Å². The summed E-state index contributed by atoms with van der Waals surface area (Å²) in [5.41, 5.74) is 1.45. The second-order valence-electron chi connectivity index (χ2n) is 4.58. The van der Waals surface area contributed by atoms with Gasteiger partial charge in [-0.15, -0.1) is 0 Å². The third-order valence-electron chi connectivity index (χ3n) is 2.98. The van der Waals surface area contributed by atoms with E-state index in [1.165, 1.54) is 18.3 Å². The molecule has 1 aromatic heterocycles. The van der Waals surface area contributed by atoms with Crippen LogP contribution in [0, 0.1) is 12.7 Å². The number of aromatic nitrogens is 1. The van der Waals surface area contributed by atoms with E-state index < -0.39 is 15.8 Å². The lowest BCUT2D eigenvalue weighted by Gasteiger charge is -2.11. The van der Waals surface area contributed by atoms with Crippen LogP contribution in [-0.4, -0.2) is 20.4 Å². The lowest BCUT2D eigenvalue weighted by atomic mass is 10.2. The molecule has 2 rings (SSSR count). The molecule has 0 amide bonds. The number of benzene rings is 1. The molecule has 2 N–H and O–H groups in total. The number of hydrogen-bond donors (Lipinski definition) is 2. The molecule has 112 valence electrons. The van der Waals surface area contributed by atoms with Gasteiger partial charge in [-0.2, -0.15) is 0 Å². The monoisotopic (exact) mass is 309 g/mol. The van der Waals surface area contributed by atoms with Crippen LogP contribution in [0.5, 0.6) is 0 Å². The topological polar surface area (TPSA) is 71.1 Å². The minimum atomic E-state index is -3.78. The van der Waals surface area contributed by atoms with Crippen molar-refractivity contribution in [3.8, 4) is 0 Å². The number of rotatable bonds is 5. The average Bonchev–Trinajstić information content (AvgIpc) is 2.44. The predicted molar refractivity (Wildman–Crippen MR) is 78.9 cm³/mol. The third kappa shape index (κ3) is 3.56. The van der Waals surface area contributed by atoms with E-state index in [0.29, 0.717) is 11.3 Å². The largest absolute Gasteiger partial charge is 0.316 e. The molecule has 0 spiro atoms. The first-order chi connectivity index (χ1) is 9.94. The SMILES string of the molecule is CNCc1cc(S(=O)(=O)Nc2cnccc2C)ccc1F. The molecule has 0 saturated carbocycles. The van der Waals surface area contributed by atoms with E-state index in [1.807, 2.05) is 0 Å². The molecule has 1 aromatic carbocycles. The van der Waals surface area contributed by atoms with Gasteiger partial charge in [0.15, 0.2) is 0 Å². The Morgan fingerprint density at radius 1 is 1.29 bits per heavy atom. The molecule has 0 saturated heterocycles. The van der Waals surface area contributed by atoms with Crippen molar-refractivity contribution in [1.29, 1.82) is 0 Å². The summed E-state index contributed by atoms with van der Waals surface area (Å²) in [5, 5.41) is 2.80. The molecule has 7 heteroatoms. The van der Waals surface area contributed by atoms with Crippen molar-refractivity contribution in [2.75, 3.05) is 11.8 Å². The minimum Gasteiger partial charge on any atom is -0.316 e. The Hall–Kier alpha value is -1.99. The third-order valence-corrected chi connectivity index (χ3v) is 4.34. The van der Waals surface area contributed by atoms with Crippen LogP contribution in [0.2, 0.25) is 0 Å². The van der Waals surface area contributed by atoms with Crippen molar-refractivity contribution in [2.45, 2.75) is 18.4 Å². The van der Waals surface area contributed by atoms with Gasteiger partial charge < -0.3 is 5.32 Å². The van der Waals surface area contributed by atoms with Crippen molar-refractivity contribution < 1.29 is 12.8 Å². The Morgan fingerprint density at radius 2 is 2.05 bits per heavy atom. The van der Waals surface area contributed by atoms with Gasteiger partial charge in [0.05, 0.1) is 16.8 Å². The van der Waals surface area contributed by atoms with Gasteiger partial charge in [-0.3, -0.25) is 9.71 Å². The summed E-state index contributed by atoms with van der Waals surface area (Å²) in [7, 11) is -2.11. The smallest absolute Gasteiger partial charge is 0.261 e. The van der Waals surface area contributed by atoms with Crippen molar-refractivity contribution in [3.63, 3.8) is 0 Å². The van der Waals surface area contributed by atoms with E-state index in [4.69, 9.17) is 0 Å². The molecule has 0 bridgehead atoms. The fourth-order valence-electron chi connectivity index (χ4n) is 1.82.